The Balaban J connectivity index is 1.91. The number of benzene rings is 1. The molecule has 102 valence electrons. The Labute approximate surface area is 112 Å². The first-order valence-corrected chi connectivity index (χ1v) is 6.36. The van der Waals surface area contributed by atoms with Crippen LogP contribution in [0, 0.1) is 18.8 Å². The summed E-state index contributed by atoms with van der Waals surface area (Å²) >= 11 is 0. The molecule has 5 heteroatoms. The highest BCUT2D eigenvalue weighted by atomic mass is 16.4. The van der Waals surface area contributed by atoms with Gasteiger partial charge in [0.05, 0.1) is 5.56 Å². The van der Waals surface area contributed by atoms with Crippen molar-refractivity contribution in [1.82, 2.24) is 5.32 Å². The molecule has 2 unspecified atom stereocenters. The SMILES string of the molecule is Cc1cc(C(=O)O)ccc1NC(=O)NCC1CC1C. The summed E-state index contributed by atoms with van der Waals surface area (Å²) in [6.45, 7) is 4.63. The molecule has 0 aliphatic heterocycles. The lowest BCUT2D eigenvalue weighted by atomic mass is 10.1. The molecule has 0 bridgehead atoms. The number of anilines is 1. The van der Waals surface area contributed by atoms with Crippen molar-refractivity contribution in [2.75, 3.05) is 11.9 Å². The number of carboxylic acid groups (broad SMARTS) is 1. The number of amides is 2. The summed E-state index contributed by atoms with van der Waals surface area (Å²) in [6.07, 6.45) is 1.17. The number of carboxylic acids is 1. The fourth-order valence-electron chi connectivity index (χ4n) is 2.01. The van der Waals surface area contributed by atoms with E-state index in [-0.39, 0.29) is 11.6 Å². The van der Waals surface area contributed by atoms with E-state index in [1.54, 1.807) is 19.1 Å². The first-order valence-electron chi connectivity index (χ1n) is 6.36. The Morgan fingerprint density at radius 3 is 2.63 bits per heavy atom. The second-order valence-corrected chi connectivity index (χ2v) is 5.14. The number of aromatic carboxylic acids is 1. The van der Waals surface area contributed by atoms with Gasteiger partial charge in [-0.2, -0.15) is 0 Å². The molecular weight excluding hydrogens is 244 g/mol. The van der Waals surface area contributed by atoms with E-state index in [4.69, 9.17) is 5.11 Å². The van der Waals surface area contributed by atoms with Gasteiger partial charge in [0.2, 0.25) is 0 Å². The molecule has 1 saturated carbocycles. The van der Waals surface area contributed by atoms with Crippen molar-refractivity contribution in [3.63, 3.8) is 0 Å². The van der Waals surface area contributed by atoms with E-state index in [9.17, 15) is 9.59 Å². The third-order valence-electron chi connectivity index (χ3n) is 3.52. The lowest BCUT2D eigenvalue weighted by Gasteiger charge is -2.10. The zero-order valence-corrected chi connectivity index (χ0v) is 11.1. The maximum atomic E-state index is 11.7. The minimum Gasteiger partial charge on any atom is -0.478 e. The standard InChI is InChI=1S/C14H18N2O3/c1-8-5-11(8)7-15-14(19)16-12-4-3-10(13(17)18)6-9(12)2/h3-4,6,8,11H,5,7H2,1-2H3,(H,17,18)(H2,15,16,19). The van der Waals surface area contributed by atoms with E-state index in [1.807, 2.05) is 0 Å². The summed E-state index contributed by atoms with van der Waals surface area (Å²) in [5, 5.41) is 14.4. The van der Waals surface area contributed by atoms with Gasteiger partial charge in [0, 0.05) is 12.2 Å². The summed E-state index contributed by atoms with van der Waals surface area (Å²) in [5.74, 6) is 0.333. The van der Waals surface area contributed by atoms with Gasteiger partial charge in [-0.05, 0) is 48.9 Å². The second kappa shape index (κ2) is 5.30. The fourth-order valence-corrected chi connectivity index (χ4v) is 2.01. The smallest absolute Gasteiger partial charge is 0.335 e. The van der Waals surface area contributed by atoms with Crippen LogP contribution < -0.4 is 10.6 Å². The van der Waals surface area contributed by atoms with E-state index in [0.29, 0.717) is 24.1 Å². The molecule has 5 nitrogen and oxygen atoms in total. The zero-order valence-electron chi connectivity index (χ0n) is 11.1. The van der Waals surface area contributed by atoms with E-state index in [2.05, 4.69) is 17.6 Å². The highest BCUT2D eigenvalue weighted by Crippen LogP contribution is 2.36. The van der Waals surface area contributed by atoms with Crippen molar-refractivity contribution in [2.45, 2.75) is 20.3 Å². The molecule has 3 N–H and O–H groups in total. The summed E-state index contributed by atoms with van der Waals surface area (Å²) < 4.78 is 0. The molecule has 2 amide bonds. The molecule has 1 aliphatic carbocycles. The summed E-state index contributed by atoms with van der Waals surface area (Å²) in [5.41, 5.74) is 1.58. The monoisotopic (exact) mass is 262 g/mol. The number of aryl methyl sites for hydroxylation is 1. The number of nitrogens with one attached hydrogen (secondary N) is 2. The summed E-state index contributed by atoms with van der Waals surface area (Å²) in [4.78, 5) is 22.5. The quantitative estimate of drug-likeness (QED) is 0.780. The Hall–Kier alpha value is -2.04. The second-order valence-electron chi connectivity index (χ2n) is 5.14. The first-order chi connectivity index (χ1) is 8.97. The van der Waals surface area contributed by atoms with E-state index < -0.39 is 5.97 Å². The third-order valence-corrected chi connectivity index (χ3v) is 3.52. The van der Waals surface area contributed by atoms with Gasteiger partial charge in [-0.3, -0.25) is 0 Å². The Bertz CT molecular complexity index is 513. The molecule has 0 saturated heterocycles. The van der Waals surface area contributed by atoms with Gasteiger partial charge in [-0.15, -0.1) is 0 Å². The van der Waals surface area contributed by atoms with Crippen molar-refractivity contribution in [1.29, 1.82) is 0 Å². The number of urea groups is 1. The molecule has 0 heterocycles. The van der Waals surface area contributed by atoms with Crippen LogP contribution in [0.15, 0.2) is 18.2 Å². The number of carbonyl (C=O) groups is 2. The van der Waals surface area contributed by atoms with Gasteiger partial charge in [0.1, 0.15) is 0 Å². The molecule has 0 radical (unpaired) electrons. The topological polar surface area (TPSA) is 78.4 Å². The molecule has 0 aromatic heterocycles. The van der Waals surface area contributed by atoms with Gasteiger partial charge in [0.15, 0.2) is 0 Å². The van der Waals surface area contributed by atoms with Gasteiger partial charge in [-0.25, -0.2) is 9.59 Å². The van der Waals surface area contributed by atoms with Crippen molar-refractivity contribution >= 4 is 17.7 Å². The fraction of sp³-hybridized carbons (Fsp3) is 0.429. The van der Waals surface area contributed by atoms with E-state index >= 15 is 0 Å². The van der Waals surface area contributed by atoms with E-state index in [1.165, 1.54) is 12.5 Å². The van der Waals surface area contributed by atoms with Crippen LogP contribution in [-0.4, -0.2) is 23.7 Å². The van der Waals surface area contributed by atoms with Crippen LogP contribution in [0.3, 0.4) is 0 Å². The van der Waals surface area contributed by atoms with Crippen LogP contribution in [0.4, 0.5) is 10.5 Å². The van der Waals surface area contributed by atoms with Crippen LogP contribution in [0.1, 0.15) is 29.3 Å². The number of hydrogen-bond donors (Lipinski definition) is 3. The van der Waals surface area contributed by atoms with Crippen LogP contribution >= 0.6 is 0 Å². The molecule has 1 aromatic rings. The summed E-state index contributed by atoms with van der Waals surface area (Å²) in [6, 6.07) is 4.39. The third kappa shape index (κ3) is 3.47. The summed E-state index contributed by atoms with van der Waals surface area (Å²) in [7, 11) is 0. The largest absolute Gasteiger partial charge is 0.478 e. The molecule has 19 heavy (non-hydrogen) atoms. The predicted molar refractivity (Wildman–Crippen MR) is 72.4 cm³/mol. The molecule has 2 atom stereocenters. The van der Waals surface area contributed by atoms with Gasteiger partial charge >= 0.3 is 12.0 Å². The van der Waals surface area contributed by atoms with Crippen molar-refractivity contribution < 1.29 is 14.7 Å². The Morgan fingerprint density at radius 2 is 2.11 bits per heavy atom. The average molecular weight is 262 g/mol. The maximum absolute atomic E-state index is 11.7. The van der Waals surface area contributed by atoms with Crippen molar-refractivity contribution in [3.05, 3.63) is 29.3 Å². The predicted octanol–water partition coefficient (Wildman–Crippen LogP) is 2.47. The number of hydrogen-bond acceptors (Lipinski definition) is 2. The lowest BCUT2D eigenvalue weighted by Crippen LogP contribution is -2.30. The van der Waals surface area contributed by atoms with Crippen molar-refractivity contribution in [3.8, 4) is 0 Å². The Kier molecular flexibility index (Phi) is 3.74. The number of rotatable bonds is 4. The van der Waals surface area contributed by atoms with Gasteiger partial charge < -0.3 is 15.7 Å². The van der Waals surface area contributed by atoms with Crippen molar-refractivity contribution in [2.24, 2.45) is 11.8 Å². The van der Waals surface area contributed by atoms with E-state index in [0.717, 1.165) is 5.56 Å². The average Bonchev–Trinajstić information content (AvgIpc) is 3.05. The maximum Gasteiger partial charge on any atom is 0.335 e. The molecule has 0 spiro atoms. The van der Waals surface area contributed by atoms with Crippen LogP contribution in [0.5, 0.6) is 0 Å². The lowest BCUT2D eigenvalue weighted by molar-refractivity contribution is 0.0697. The molecule has 2 rings (SSSR count). The van der Waals surface area contributed by atoms with Gasteiger partial charge in [0.25, 0.3) is 0 Å². The number of carbonyl (C=O) groups excluding carboxylic acids is 1. The molecule has 1 aromatic carbocycles. The highest BCUT2D eigenvalue weighted by Gasteiger charge is 2.32. The van der Waals surface area contributed by atoms with Crippen LogP contribution in [0.25, 0.3) is 0 Å². The van der Waals surface area contributed by atoms with Crippen LogP contribution in [0.2, 0.25) is 0 Å². The normalized spacial score (nSPS) is 20.7. The molecule has 1 fully saturated rings. The minimum atomic E-state index is -0.971. The Morgan fingerprint density at radius 1 is 1.42 bits per heavy atom. The minimum absolute atomic E-state index is 0.218. The zero-order chi connectivity index (χ0) is 14.0. The highest BCUT2D eigenvalue weighted by molar-refractivity contribution is 5.92. The molecule has 1 aliphatic rings. The van der Waals surface area contributed by atoms with Gasteiger partial charge in [-0.1, -0.05) is 6.92 Å². The van der Waals surface area contributed by atoms with Crippen LogP contribution in [-0.2, 0) is 0 Å². The first kappa shape index (κ1) is 13.4. The molecular formula is C14H18N2O3.